The van der Waals surface area contributed by atoms with Crippen LogP contribution in [-0.2, 0) is 16.1 Å². The van der Waals surface area contributed by atoms with E-state index in [4.69, 9.17) is 4.74 Å². The minimum absolute atomic E-state index is 0.0338. The minimum Gasteiger partial charge on any atom is -0.376 e. The van der Waals surface area contributed by atoms with Crippen LogP contribution in [0.4, 0.5) is 0 Å². The van der Waals surface area contributed by atoms with Gasteiger partial charge in [0.05, 0.1) is 23.9 Å². The lowest BCUT2D eigenvalue weighted by Crippen LogP contribution is -2.66. The smallest absolute Gasteiger partial charge is 0.273 e. The van der Waals surface area contributed by atoms with E-state index < -0.39 is 5.54 Å². The molecule has 2 aromatic heterocycles. The van der Waals surface area contributed by atoms with Crippen molar-refractivity contribution >= 4 is 22.7 Å². The van der Waals surface area contributed by atoms with E-state index >= 15 is 0 Å². The number of fused-ring (bicyclic) bond motifs is 3. The highest BCUT2D eigenvalue weighted by Crippen LogP contribution is 2.38. The Morgan fingerprint density at radius 2 is 1.85 bits per heavy atom. The third-order valence-corrected chi connectivity index (χ3v) is 7.91. The summed E-state index contributed by atoms with van der Waals surface area (Å²) in [5.74, 6) is -0.164. The number of benzene rings is 1. The minimum atomic E-state index is -0.992. The third-order valence-electron chi connectivity index (χ3n) is 7.91. The Labute approximate surface area is 199 Å². The average Bonchev–Trinajstić information content (AvgIpc) is 3.64. The first-order chi connectivity index (χ1) is 16.6. The van der Waals surface area contributed by atoms with E-state index in [1.165, 1.54) is 0 Å². The van der Waals surface area contributed by atoms with Crippen molar-refractivity contribution in [2.75, 3.05) is 13.2 Å². The van der Waals surface area contributed by atoms with Gasteiger partial charge in [-0.3, -0.25) is 9.59 Å². The molecule has 2 amide bonds. The first-order valence-electron chi connectivity index (χ1n) is 12.6. The standard InChI is InChI=1S/C27H32N4O3/c1-27(26(33)28-19-9-2-3-10-19)18-30-22-13-5-4-12-21(22)23(29-14-6-7-15-29)24(30)25(32)31(27)17-20-11-8-16-34-20/h4-7,12-15,19-20H,2-3,8-11,16-18H2,1H3,(H,28,33)/t20-,27+/m1/s1. The predicted molar refractivity (Wildman–Crippen MR) is 130 cm³/mol. The summed E-state index contributed by atoms with van der Waals surface area (Å²) in [5, 5.41) is 4.30. The fourth-order valence-electron chi connectivity index (χ4n) is 6.04. The topological polar surface area (TPSA) is 68.5 Å². The second kappa shape index (κ2) is 8.31. The molecule has 1 N–H and O–H groups in total. The highest BCUT2D eigenvalue weighted by atomic mass is 16.5. The molecule has 2 fully saturated rings. The summed E-state index contributed by atoms with van der Waals surface area (Å²) in [4.78, 5) is 29.9. The first kappa shape index (κ1) is 21.5. The van der Waals surface area contributed by atoms with Crippen LogP contribution in [0.25, 0.3) is 16.6 Å². The number of rotatable bonds is 5. The van der Waals surface area contributed by atoms with E-state index in [0.717, 1.165) is 55.1 Å². The van der Waals surface area contributed by atoms with Crippen molar-refractivity contribution in [1.29, 1.82) is 0 Å². The van der Waals surface area contributed by atoms with Crippen LogP contribution in [-0.4, -0.2) is 56.7 Å². The Morgan fingerprint density at radius 1 is 1.09 bits per heavy atom. The number of carbonyl (C=O) groups excluding carboxylic acids is 2. The van der Waals surface area contributed by atoms with Gasteiger partial charge in [0.15, 0.2) is 0 Å². The van der Waals surface area contributed by atoms with E-state index in [-0.39, 0.29) is 24.0 Å². The van der Waals surface area contributed by atoms with Gasteiger partial charge in [0.1, 0.15) is 11.2 Å². The van der Waals surface area contributed by atoms with E-state index in [1.807, 2.05) is 54.2 Å². The van der Waals surface area contributed by atoms with Crippen LogP contribution >= 0.6 is 0 Å². The zero-order valence-corrected chi connectivity index (χ0v) is 19.7. The summed E-state index contributed by atoms with van der Waals surface area (Å²) in [5.41, 5.74) is 1.50. The van der Waals surface area contributed by atoms with Crippen LogP contribution in [0.5, 0.6) is 0 Å². The number of para-hydroxylation sites is 1. The van der Waals surface area contributed by atoms with Gasteiger partial charge in [0.25, 0.3) is 5.91 Å². The lowest BCUT2D eigenvalue weighted by atomic mass is 9.93. The van der Waals surface area contributed by atoms with Crippen molar-refractivity contribution in [3.63, 3.8) is 0 Å². The first-order valence-corrected chi connectivity index (χ1v) is 12.6. The van der Waals surface area contributed by atoms with Crippen molar-refractivity contribution in [2.45, 2.75) is 69.7 Å². The number of carbonyl (C=O) groups is 2. The summed E-state index contributed by atoms with van der Waals surface area (Å²) >= 11 is 0. The Hall–Kier alpha value is -3.06. The van der Waals surface area contributed by atoms with Crippen molar-refractivity contribution in [2.24, 2.45) is 0 Å². The fourth-order valence-corrected chi connectivity index (χ4v) is 6.04. The Bertz CT molecular complexity index is 1220. The van der Waals surface area contributed by atoms with Crippen molar-refractivity contribution in [3.8, 4) is 5.69 Å². The summed E-state index contributed by atoms with van der Waals surface area (Å²) in [6.45, 7) is 3.49. The maximum absolute atomic E-state index is 14.3. The number of hydrogen-bond donors (Lipinski definition) is 1. The van der Waals surface area contributed by atoms with Gasteiger partial charge < -0.3 is 24.1 Å². The molecule has 2 aliphatic heterocycles. The summed E-state index contributed by atoms with van der Waals surface area (Å²) < 4.78 is 10.00. The molecule has 3 aromatic rings. The predicted octanol–water partition coefficient (Wildman–Crippen LogP) is 3.88. The van der Waals surface area contributed by atoms with E-state index in [9.17, 15) is 9.59 Å². The van der Waals surface area contributed by atoms with Crippen LogP contribution in [0.2, 0.25) is 0 Å². The number of amides is 2. The molecule has 6 rings (SSSR count). The lowest BCUT2D eigenvalue weighted by molar-refractivity contribution is -0.134. The van der Waals surface area contributed by atoms with Crippen LogP contribution in [0.1, 0.15) is 55.9 Å². The lowest BCUT2D eigenvalue weighted by Gasteiger charge is -2.45. The second-order valence-electron chi connectivity index (χ2n) is 10.2. The molecule has 0 bridgehead atoms. The molecular weight excluding hydrogens is 428 g/mol. The van der Waals surface area contributed by atoms with Gasteiger partial charge in [-0.2, -0.15) is 0 Å². The van der Waals surface area contributed by atoms with Gasteiger partial charge in [-0.1, -0.05) is 31.0 Å². The molecule has 7 heteroatoms. The third kappa shape index (κ3) is 3.36. The van der Waals surface area contributed by atoms with E-state index in [2.05, 4.69) is 16.0 Å². The van der Waals surface area contributed by atoms with Crippen molar-refractivity contribution in [1.82, 2.24) is 19.4 Å². The average molecular weight is 461 g/mol. The van der Waals surface area contributed by atoms with Gasteiger partial charge in [0, 0.05) is 37.0 Å². The molecule has 1 aliphatic carbocycles. The molecule has 1 aromatic carbocycles. The van der Waals surface area contributed by atoms with Gasteiger partial charge in [0.2, 0.25) is 5.91 Å². The number of ether oxygens (including phenoxy) is 1. The normalized spacial score (nSPS) is 25.3. The maximum Gasteiger partial charge on any atom is 0.273 e. The number of nitrogens with one attached hydrogen (secondary N) is 1. The van der Waals surface area contributed by atoms with Gasteiger partial charge in [-0.05, 0) is 50.8 Å². The second-order valence-corrected chi connectivity index (χ2v) is 10.2. The molecular formula is C27H32N4O3. The van der Waals surface area contributed by atoms with Gasteiger partial charge in [-0.25, -0.2) is 0 Å². The van der Waals surface area contributed by atoms with Crippen molar-refractivity contribution in [3.05, 3.63) is 54.5 Å². The highest BCUT2D eigenvalue weighted by molar-refractivity contribution is 6.09. The van der Waals surface area contributed by atoms with E-state index in [0.29, 0.717) is 25.4 Å². The zero-order chi connectivity index (χ0) is 23.3. The maximum atomic E-state index is 14.3. The van der Waals surface area contributed by atoms with Gasteiger partial charge >= 0.3 is 0 Å². The van der Waals surface area contributed by atoms with Crippen LogP contribution < -0.4 is 5.32 Å². The fraction of sp³-hybridized carbons (Fsp3) is 0.481. The zero-order valence-electron chi connectivity index (χ0n) is 19.7. The summed E-state index contributed by atoms with van der Waals surface area (Å²) in [7, 11) is 0. The largest absolute Gasteiger partial charge is 0.376 e. The molecule has 2 atom stereocenters. The molecule has 34 heavy (non-hydrogen) atoms. The van der Waals surface area contributed by atoms with Crippen molar-refractivity contribution < 1.29 is 14.3 Å². The molecule has 0 radical (unpaired) electrons. The van der Waals surface area contributed by atoms with Gasteiger partial charge in [-0.15, -0.1) is 0 Å². The SMILES string of the molecule is C[C@@]1(C(=O)NC2CCCC2)Cn2c(c(-n3cccc3)c3ccccc32)C(=O)N1C[C@H]1CCCO1. The molecule has 7 nitrogen and oxygen atoms in total. The summed E-state index contributed by atoms with van der Waals surface area (Å²) in [6.07, 6.45) is 10.1. The van der Waals surface area contributed by atoms with Crippen LogP contribution in [0.3, 0.4) is 0 Å². The number of aromatic nitrogens is 2. The molecule has 1 saturated heterocycles. The number of nitrogens with zero attached hydrogens (tertiary/aromatic N) is 3. The van der Waals surface area contributed by atoms with E-state index in [1.54, 1.807) is 4.90 Å². The monoisotopic (exact) mass is 460 g/mol. The Morgan fingerprint density at radius 3 is 2.59 bits per heavy atom. The molecule has 0 spiro atoms. The quantitative estimate of drug-likeness (QED) is 0.628. The molecule has 1 saturated carbocycles. The Kier molecular flexibility index (Phi) is 5.25. The molecule has 3 aliphatic rings. The van der Waals surface area contributed by atoms with Crippen LogP contribution in [0.15, 0.2) is 48.8 Å². The summed E-state index contributed by atoms with van der Waals surface area (Å²) in [6, 6.07) is 12.2. The molecule has 0 unspecified atom stereocenters. The van der Waals surface area contributed by atoms with Crippen LogP contribution in [0, 0.1) is 0 Å². The highest BCUT2D eigenvalue weighted by Gasteiger charge is 2.50. The molecule has 178 valence electrons. The Balaban J connectivity index is 1.48. The number of hydrogen-bond acceptors (Lipinski definition) is 3. The molecule has 4 heterocycles.